The SMILES string of the molecule is COc1ccc(C(C=CC(=O)N2CCOCC2)c2ccc(Cl)cc2)cc1OC. The van der Waals surface area contributed by atoms with E-state index in [4.69, 9.17) is 25.8 Å². The molecule has 0 bridgehead atoms. The average Bonchev–Trinajstić information content (AvgIpc) is 2.75. The predicted molar refractivity (Wildman–Crippen MR) is 109 cm³/mol. The van der Waals surface area contributed by atoms with Gasteiger partial charge in [-0.25, -0.2) is 0 Å². The van der Waals surface area contributed by atoms with Crippen molar-refractivity contribution in [1.29, 1.82) is 0 Å². The van der Waals surface area contributed by atoms with Gasteiger partial charge in [-0.1, -0.05) is 35.9 Å². The number of carbonyl (C=O) groups is 1. The number of benzene rings is 2. The van der Waals surface area contributed by atoms with Gasteiger partial charge in [0.2, 0.25) is 5.91 Å². The van der Waals surface area contributed by atoms with Crippen molar-refractivity contribution in [1.82, 2.24) is 4.90 Å². The lowest BCUT2D eigenvalue weighted by Crippen LogP contribution is -2.39. The third-order valence-corrected chi connectivity index (χ3v) is 5.00. The van der Waals surface area contributed by atoms with Crippen molar-refractivity contribution < 1.29 is 19.0 Å². The number of halogens is 1. The molecule has 3 rings (SSSR count). The highest BCUT2D eigenvalue weighted by atomic mass is 35.5. The fourth-order valence-electron chi connectivity index (χ4n) is 3.20. The number of hydrogen-bond donors (Lipinski definition) is 0. The predicted octanol–water partition coefficient (Wildman–Crippen LogP) is 3.90. The second-order valence-electron chi connectivity index (χ2n) is 6.44. The minimum Gasteiger partial charge on any atom is -0.493 e. The van der Waals surface area contributed by atoms with Crippen LogP contribution >= 0.6 is 11.6 Å². The van der Waals surface area contributed by atoms with E-state index >= 15 is 0 Å². The van der Waals surface area contributed by atoms with Crippen LogP contribution < -0.4 is 9.47 Å². The van der Waals surface area contributed by atoms with Gasteiger partial charge in [0.25, 0.3) is 0 Å². The van der Waals surface area contributed by atoms with Crippen LogP contribution in [0.2, 0.25) is 5.02 Å². The van der Waals surface area contributed by atoms with Gasteiger partial charge >= 0.3 is 0 Å². The van der Waals surface area contributed by atoms with Crippen LogP contribution in [0.4, 0.5) is 0 Å². The summed E-state index contributed by atoms with van der Waals surface area (Å²) in [6.07, 6.45) is 3.56. The Morgan fingerprint density at radius 3 is 2.32 bits per heavy atom. The zero-order valence-corrected chi connectivity index (χ0v) is 16.8. The van der Waals surface area contributed by atoms with E-state index in [-0.39, 0.29) is 11.8 Å². The Morgan fingerprint density at radius 1 is 1.04 bits per heavy atom. The summed E-state index contributed by atoms with van der Waals surface area (Å²) in [6.45, 7) is 2.39. The molecular weight excluding hydrogens is 378 g/mol. The zero-order valence-electron chi connectivity index (χ0n) is 16.1. The largest absolute Gasteiger partial charge is 0.493 e. The molecule has 1 fully saturated rings. The highest BCUT2D eigenvalue weighted by molar-refractivity contribution is 6.30. The molecule has 2 aromatic rings. The van der Waals surface area contributed by atoms with Crippen LogP contribution in [0.1, 0.15) is 17.0 Å². The minimum atomic E-state index is -0.123. The first kappa shape index (κ1) is 20.2. The van der Waals surface area contributed by atoms with Crippen LogP contribution in [0.5, 0.6) is 11.5 Å². The third kappa shape index (κ3) is 4.86. The van der Waals surface area contributed by atoms with Crippen molar-refractivity contribution in [2.24, 2.45) is 0 Å². The summed E-state index contributed by atoms with van der Waals surface area (Å²) >= 11 is 6.05. The molecule has 0 spiro atoms. The fraction of sp³-hybridized carbons (Fsp3) is 0.318. The van der Waals surface area contributed by atoms with Crippen LogP contribution in [0.25, 0.3) is 0 Å². The van der Waals surface area contributed by atoms with Gasteiger partial charge in [0.1, 0.15) is 0 Å². The summed E-state index contributed by atoms with van der Waals surface area (Å²) in [5.41, 5.74) is 2.02. The van der Waals surface area contributed by atoms with Crippen molar-refractivity contribution >= 4 is 17.5 Å². The molecule has 1 heterocycles. The topological polar surface area (TPSA) is 48.0 Å². The highest BCUT2D eigenvalue weighted by Crippen LogP contribution is 2.34. The number of hydrogen-bond acceptors (Lipinski definition) is 4. The van der Waals surface area contributed by atoms with E-state index in [2.05, 4.69) is 0 Å². The maximum absolute atomic E-state index is 12.6. The van der Waals surface area contributed by atoms with Gasteiger partial charge in [-0.05, 0) is 35.4 Å². The second kappa shape index (κ2) is 9.62. The first-order valence-corrected chi connectivity index (χ1v) is 9.52. The lowest BCUT2D eigenvalue weighted by molar-refractivity contribution is -0.129. The summed E-state index contributed by atoms with van der Waals surface area (Å²) in [7, 11) is 3.21. The first-order chi connectivity index (χ1) is 13.6. The Kier molecular flexibility index (Phi) is 6.95. The number of carbonyl (C=O) groups excluding carboxylic acids is 1. The molecule has 0 radical (unpaired) electrons. The van der Waals surface area contributed by atoms with Gasteiger partial charge in [0, 0.05) is 30.1 Å². The molecule has 148 valence electrons. The van der Waals surface area contributed by atoms with Crippen molar-refractivity contribution in [3.8, 4) is 11.5 Å². The number of allylic oxidation sites excluding steroid dienone is 1. The molecule has 1 aliphatic heterocycles. The Balaban J connectivity index is 1.92. The van der Waals surface area contributed by atoms with E-state index in [1.54, 1.807) is 25.2 Å². The van der Waals surface area contributed by atoms with Crippen LogP contribution in [0, 0.1) is 0 Å². The quantitative estimate of drug-likeness (QED) is 0.689. The number of ether oxygens (including phenoxy) is 3. The van der Waals surface area contributed by atoms with Gasteiger partial charge in [0.15, 0.2) is 11.5 Å². The highest BCUT2D eigenvalue weighted by Gasteiger charge is 2.17. The molecule has 1 aliphatic rings. The molecule has 0 N–H and O–H groups in total. The molecule has 0 aliphatic carbocycles. The molecule has 2 aromatic carbocycles. The molecule has 0 aromatic heterocycles. The van der Waals surface area contributed by atoms with Gasteiger partial charge in [-0.3, -0.25) is 4.79 Å². The monoisotopic (exact) mass is 401 g/mol. The molecule has 1 amide bonds. The van der Waals surface area contributed by atoms with E-state index in [9.17, 15) is 4.79 Å². The van der Waals surface area contributed by atoms with Gasteiger partial charge < -0.3 is 19.1 Å². The summed E-state index contributed by atoms with van der Waals surface area (Å²) < 4.78 is 16.1. The summed E-state index contributed by atoms with van der Waals surface area (Å²) in [4.78, 5) is 14.4. The van der Waals surface area contributed by atoms with Crippen molar-refractivity contribution in [2.45, 2.75) is 5.92 Å². The molecule has 5 nitrogen and oxygen atoms in total. The Labute approximate surface area is 170 Å². The molecule has 0 saturated carbocycles. The standard InChI is InChI=1S/C22H24ClNO4/c1-26-20-9-5-17(15-21(20)27-2)19(16-3-6-18(23)7-4-16)8-10-22(25)24-11-13-28-14-12-24/h3-10,15,19H,11-14H2,1-2H3. The number of nitrogens with zero attached hydrogens (tertiary/aromatic N) is 1. The van der Waals surface area contributed by atoms with E-state index in [1.807, 2.05) is 48.5 Å². The molecular formula is C22H24ClNO4. The van der Waals surface area contributed by atoms with E-state index in [0.29, 0.717) is 42.8 Å². The minimum absolute atomic E-state index is 0.0114. The molecule has 28 heavy (non-hydrogen) atoms. The number of morpholine rings is 1. The van der Waals surface area contributed by atoms with Crippen molar-refractivity contribution in [3.63, 3.8) is 0 Å². The van der Waals surface area contributed by atoms with Crippen LogP contribution in [0.15, 0.2) is 54.6 Å². The van der Waals surface area contributed by atoms with E-state index < -0.39 is 0 Å². The summed E-state index contributed by atoms with van der Waals surface area (Å²) in [6, 6.07) is 13.4. The van der Waals surface area contributed by atoms with Crippen molar-refractivity contribution in [3.05, 3.63) is 70.8 Å². The van der Waals surface area contributed by atoms with Gasteiger partial charge in [-0.2, -0.15) is 0 Å². The zero-order chi connectivity index (χ0) is 19.9. The molecule has 1 saturated heterocycles. The van der Waals surface area contributed by atoms with E-state index in [1.165, 1.54) is 0 Å². The molecule has 6 heteroatoms. The normalized spacial score (nSPS) is 15.5. The second-order valence-corrected chi connectivity index (χ2v) is 6.88. The fourth-order valence-corrected chi connectivity index (χ4v) is 3.32. The van der Waals surface area contributed by atoms with Gasteiger partial charge in [0.05, 0.1) is 27.4 Å². The summed E-state index contributed by atoms with van der Waals surface area (Å²) in [5.74, 6) is 1.17. The van der Waals surface area contributed by atoms with Crippen LogP contribution in [-0.4, -0.2) is 51.3 Å². The Hall–Kier alpha value is -2.50. The number of rotatable bonds is 6. The Morgan fingerprint density at radius 2 is 1.68 bits per heavy atom. The summed E-state index contributed by atoms with van der Waals surface area (Å²) in [5, 5.41) is 0.670. The smallest absolute Gasteiger partial charge is 0.246 e. The van der Waals surface area contributed by atoms with Crippen LogP contribution in [-0.2, 0) is 9.53 Å². The maximum Gasteiger partial charge on any atom is 0.246 e. The molecule has 1 atom stereocenters. The first-order valence-electron chi connectivity index (χ1n) is 9.14. The van der Waals surface area contributed by atoms with E-state index in [0.717, 1.165) is 11.1 Å². The maximum atomic E-state index is 12.6. The van der Waals surface area contributed by atoms with Gasteiger partial charge in [-0.15, -0.1) is 0 Å². The third-order valence-electron chi connectivity index (χ3n) is 4.75. The number of methoxy groups -OCH3 is 2. The Bertz CT molecular complexity index is 829. The number of amides is 1. The molecule has 1 unspecified atom stereocenters. The van der Waals surface area contributed by atoms with Crippen LogP contribution in [0.3, 0.4) is 0 Å². The lowest BCUT2D eigenvalue weighted by Gasteiger charge is -2.25. The lowest BCUT2D eigenvalue weighted by atomic mass is 9.90. The van der Waals surface area contributed by atoms with Crippen molar-refractivity contribution in [2.75, 3.05) is 40.5 Å². The average molecular weight is 402 g/mol.